The Kier molecular flexibility index (Phi) is 5.38. The van der Waals surface area contributed by atoms with Gasteiger partial charge in [-0.25, -0.2) is 0 Å². The van der Waals surface area contributed by atoms with Crippen molar-refractivity contribution in [2.45, 2.75) is 19.9 Å². The minimum Gasteiger partial charge on any atom is -0.493 e. The van der Waals surface area contributed by atoms with Gasteiger partial charge in [0.25, 0.3) is 5.91 Å². The van der Waals surface area contributed by atoms with Gasteiger partial charge < -0.3 is 19.2 Å². The topological polar surface area (TPSA) is 60.7 Å². The van der Waals surface area contributed by atoms with Gasteiger partial charge in [0.05, 0.1) is 24.8 Å². The molecule has 0 unspecified atom stereocenters. The van der Waals surface area contributed by atoms with Crippen LogP contribution in [0, 0.1) is 0 Å². The first-order chi connectivity index (χ1) is 12.5. The van der Waals surface area contributed by atoms with Gasteiger partial charge in [-0.05, 0) is 38.1 Å². The summed E-state index contributed by atoms with van der Waals surface area (Å²) in [5.74, 6) is 1.25. The first kappa shape index (κ1) is 18.1. The maximum absolute atomic E-state index is 12.6. The first-order valence-electron chi connectivity index (χ1n) is 8.33. The van der Waals surface area contributed by atoms with Crippen LogP contribution < -0.4 is 14.8 Å². The molecule has 0 fully saturated rings. The molecule has 0 saturated heterocycles. The summed E-state index contributed by atoms with van der Waals surface area (Å²) in [5.41, 5.74) is 1.17. The summed E-state index contributed by atoms with van der Waals surface area (Å²) < 4.78 is 16.6. The van der Waals surface area contributed by atoms with Crippen molar-refractivity contribution < 1.29 is 18.7 Å². The molecule has 0 aliphatic heterocycles. The van der Waals surface area contributed by atoms with Gasteiger partial charge in [0.15, 0.2) is 11.5 Å². The molecule has 0 radical (unpaired) electrons. The molecule has 0 bridgehead atoms. The Labute approximate surface area is 156 Å². The number of carbonyl (C=O) groups excluding carboxylic acids is 1. The van der Waals surface area contributed by atoms with E-state index in [0.717, 1.165) is 11.0 Å². The molecule has 1 amide bonds. The highest BCUT2D eigenvalue weighted by molar-refractivity contribution is 6.32. The van der Waals surface area contributed by atoms with Crippen molar-refractivity contribution in [1.29, 1.82) is 0 Å². The van der Waals surface area contributed by atoms with Gasteiger partial charge in [-0.2, -0.15) is 0 Å². The van der Waals surface area contributed by atoms with Crippen LogP contribution in [0.5, 0.6) is 11.5 Å². The lowest BCUT2D eigenvalue weighted by Crippen LogP contribution is -2.26. The Hall–Kier alpha value is -2.66. The highest BCUT2D eigenvalue weighted by Crippen LogP contribution is 2.36. The zero-order chi connectivity index (χ0) is 18.7. The van der Waals surface area contributed by atoms with Gasteiger partial charge in [-0.3, -0.25) is 4.79 Å². The molecule has 1 aromatic heterocycles. The number of nitrogens with one attached hydrogen (secondary N) is 1. The van der Waals surface area contributed by atoms with E-state index in [4.69, 9.17) is 25.5 Å². The van der Waals surface area contributed by atoms with E-state index in [-0.39, 0.29) is 11.9 Å². The number of methoxy groups -OCH3 is 1. The number of fused-ring (bicyclic) bond motifs is 1. The molecule has 0 aliphatic carbocycles. The molecular weight excluding hydrogens is 354 g/mol. The monoisotopic (exact) mass is 373 g/mol. The zero-order valence-electron chi connectivity index (χ0n) is 14.8. The van der Waals surface area contributed by atoms with E-state index in [1.165, 1.54) is 7.11 Å². The van der Waals surface area contributed by atoms with Crippen molar-refractivity contribution in [2.24, 2.45) is 0 Å². The van der Waals surface area contributed by atoms with Crippen LogP contribution in [-0.4, -0.2) is 19.6 Å². The number of amides is 1. The molecule has 1 heterocycles. The van der Waals surface area contributed by atoms with Crippen molar-refractivity contribution in [3.63, 3.8) is 0 Å². The molecule has 1 N–H and O–H groups in total. The second-order valence-electron chi connectivity index (χ2n) is 5.80. The molecule has 136 valence electrons. The molecule has 2 aromatic carbocycles. The number of halogens is 1. The van der Waals surface area contributed by atoms with Crippen LogP contribution in [0.1, 0.15) is 36.0 Å². The second kappa shape index (κ2) is 7.70. The standard InChI is InChI=1S/C20H20ClNO4/c1-4-25-19-15(21)9-14(11-18(19)24-3)20(23)22-12(2)17-10-13-7-5-6-8-16(13)26-17/h5-12H,4H2,1-3H3,(H,22,23)/t12-/m1/s1. The van der Waals surface area contributed by atoms with Crippen LogP contribution in [0.2, 0.25) is 5.02 Å². The van der Waals surface area contributed by atoms with Gasteiger partial charge in [-0.1, -0.05) is 29.8 Å². The average molecular weight is 374 g/mol. The molecule has 1 atom stereocenters. The smallest absolute Gasteiger partial charge is 0.252 e. The van der Waals surface area contributed by atoms with E-state index >= 15 is 0 Å². The summed E-state index contributed by atoms with van der Waals surface area (Å²) in [6.07, 6.45) is 0. The number of rotatable bonds is 6. The summed E-state index contributed by atoms with van der Waals surface area (Å²) >= 11 is 6.24. The highest BCUT2D eigenvalue weighted by atomic mass is 35.5. The van der Waals surface area contributed by atoms with Crippen LogP contribution in [0.25, 0.3) is 11.0 Å². The summed E-state index contributed by atoms with van der Waals surface area (Å²) in [7, 11) is 1.51. The van der Waals surface area contributed by atoms with Crippen LogP contribution in [0.15, 0.2) is 46.9 Å². The lowest BCUT2D eigenvalue weighted by Gasteiger charge is -2.15. The SMILES string of the molecule is CCOc1c(Cl)cc(C(=O)N[C@H](C)c2cc3ccccc3o2)cc1OC. The summed E-state index contributed by atoms with van der Waals surface area (Å²) in [6.45, 7) is 4.17. The van der Waals surface area contributed by atoms with Crippen LogP contribution >= 0.6 is 11.6 Å². The van der Waals surface area contributed by atoms with Crippen molar-refractivity contribution >= 4 is 28.5 Å². The van der Waals surface area contributed by atoms with Gasteiger partial charge in [-0.15, -0.1) is 0 Å². The van der Waals surface area contributed by atoms with E-state index in [9.17, 15) is 4.79 Å². The minimum absolute atomic E-state index is 0.277. The number of furan rings is 1. The largest absolute Gasteiger partial charge is 0.493 e. The lowest BCUT2D eigenvalue weighted by molar-refractivity contribution is 0.0935. The lowest BCUT2D eigenvalue weighted by atomic mass is 10.1. The Morgan fingerprint density at radius 3 is 2.73 bits per heavy atom. The third kappa shape index (κ3) is 3.63. The molecule has 3 aromatic rings. The van der Waals surface area contributed by atoms with Gasteiger partial charge in [0, 0.05) is 10.9 Å². The van der Waals surface area contributed by atoms with Gasteiger partial charge in [0.1, 0.15) is 11.3 Å². The fourth-order valence-electron chi connectivity index (χ4n) is 2.70. The minimum atomic E-state index is -0.300. The number of ether oxygens (including phenoxy) is 2. The van der Waals surface area contributed by atoms with Crippen LogP contribution in [0.3, 0.4) is 0 Å². The third-order valence-corrected chi connectivity index (χ3v) is 4.28. The first-order valence-corrected chi connectivity index (χ1v) is 8.71. The second-order valence-corrected chi connectivity index (χ2v) is 6.21. The van der Waals surface area contributed by atoms with Crippen molar-refractivity contribution in [3.05, 3.63) is 58.8 Å². The van der Waals surface area contributed by atoms with E-state index in [1.807, 2.05) is 44.2 Å². The van der Waals surface area contributed by atoms with Crippen LogP contribution in [-0.2, 0) is 0 Å². The quantitative estimate of drug-likeness (QED) is 0.661. The molecule has 3 rings (SSSR count). The maximum atomic E-state index is 12.6. The van der Waals surface area contributed by atoms with E-state index in [2.05, 4.69) is 5.32 Å². The number of carbonyl (C=O) groups is 1. The normalized spacial score (nSPS) is 12.0. The van der Waals surface area contributed by atoms with Crippen molar-refractivity contribution in [3.8, 4) is 11.5 Å². The number of para-hydroxylation sites is 1. The number of hydrogen-bond donors (Lipinski definition) is 1. The molecule has 0 saturated carbocycles. The molecule has 0 aliphatic rings. The predicted octanol–water partition coefficient (Wildman–Crippen LogP) is 4.98. The summed E-state index contributed by atoms with van der Waals surface area (Å²) in [6, 6.07) is 12.5. The average Bonchev–Trinajstić information content (AvgIpc) is 3.07. The predicted molar refractivity (Wildman–Crippen MR) is 101 cm³/mol. The van der Waals surface area contributed by atoms with Crippen molar-refractivity contribution in [1.82, 2.24) is 5.32 Å². The van der Waals surface area contributed by atoms with E-state index in [0.29, 0.717) is 34.5 Å². The molecule has 0 spiro atoms. The fourth-order valence-corrected chi connectivity index (χ4v) is 2.97. The van der Waals surface area contributed by atoms with E-state index < -0.39 is 0 Å². The fraction of sp³-hybridized carbons (Fsp3) is 0.250. The highest BCUT2D eigenvalue weighted by Gasteiger charge is 2.19. The maximum Gasteiger partial charge on any atom is 0.252 e. The molecule has 26 heavy (non-hydrogen) atoms. The molecular formula is C20H20ClNO4. The zero-order valence-corrected chi connectivity index (χ0v) is 15.6. The number of benzene rings is 2. The molecule has 5 nitrogen and oxygen atoms in total. The van der Waals surface area contributed by atoms with Crippen molar-refractivity contribution in [2.75, 3.05) is 13.7 Å². The van der Waals surface area contributed by atoms with Gasteiger partial charge in [0.2, 0.25) is 0 Å². The van der Waals surface area contributed by atoms with Gasteiger partial charge >= 0.3 is 0 Å². The third-order valence-electron chi connectivity index (χ3n) is 4.00. The summed E-state index contributed by atoms with van der Waals surface area (Å²) in [4.78, 5) is 12.6. The summed E-state index contributed by atoms with van der Waals surface area (Å²) in [5, 5.41) is 4.24. The Bertz CT molecular complexity index is 902. The van der Waals surface area contributed by atoms with E-state index in [1.54, 1.807) is 12.1 Å². The Morgan fingerprint density at radius 1 is 1.27 bits per heavy atom. The molecule has 6 heteroatoms. The number of hydrogen-bond acceptors (Lipinski definition) is 4. The van der Waals surface area contributed by atoms with Crippen LogP contribution in [0.4, 0.5) is 0 Å². The Morgan fingerprint density at radius 2 is 2.04 bits per heavy atom. The Balaban J connectivity index is 1.81.